The van der Waals surface area contributed by atoms with Gasteiger partial charge in [-0.2, -0.15) is 0 Å². The highest BCUT2D eigenvalue weighted by atomic mass is 35.5. The molecule has 0 saturated carbocycles. The molecule has 0 heterocycles. The number of anilines is 1. The number of ether oxygens (including phenoxy) is 2. The van der Waals surface area contributed by atoms with E-state index in [2.05, 4.69) is 10.6 Å². The minimum absolute atomic E-state index is 0.104. The van der Waals surface area contributed by atoms with Crippen molar-refractivity contribution in [1.82, 2.24) is 5.32 Å². The Morgan fingerprint density at radius 2 is 1.76 bits per heavy atom. The summed E-state index contributed by atoms with van der Waals surface area (Å²) in [6, 6.07) is 10.2. The van der Waals surface area contributed by atoms with Crippen molar-refractivity contribution in [3.8, 4) is 5.75 Å². The minimum atomic E-state index is -1.11. The number of hydrogen-bond acceptors (Lipinski definition) is 5. The summed E-state index contributed by atoms with van der Waals surface area (Å²) in [6.45, 7) is 4.92. The molecule has 0 aliphatic carbocycles. The van der Waals surface area contributed by atoms with Gasteiger partial charge in [-0.3, -0.25) is 9.59 Å². The number of para-hydroxylation sites is 1. The third-order valence-electron chi connectivity index (χ3n) is 4.20. The van der Waals surface area contributed by atoms with Gasteiger partial charge in [0.25, 0.3) is 5.91 Å². The van der Waals surface area contributed by atoms with Crippen molar-refractivity contribution in [2.24, 2.45) is 0 Å². The van der Waals surface area contributed by atoms with Crippen molar-refractivity contribution in [3.05, 3.63) is 58.1 Å². The minimum Gasteiger partial charge on any atom is -0.496 e. The number of carbonyl (C=O) groups is 3. The van der Waals surface area contributed by atoms with Crippen LogP contribution in [0.25, 0.3) is 0 Å². The van der Waals surface area contributed by atoms with Gasteiger partial charge in [0, 0.05) is 10.7 Å². The van der Waals surface area contributed by atoms with Gasteiger partial charge in [0.05, 0.1) is 13.7 Å². The first-order valence-corrected chi connectivity index (χ1v) is 9.29. The Hall–Kier alpha value is -3.06. The lowest BCUT2D eigenvalue weighted by molar-refractivity contribution is -0.130. The lowest BCUT2D eigenvalue weighted by Crippen LogP contribution is -2.40. The van der Waals surface area contributed by atoms with Gasteiger partial charge in [0.15, 0.2) is 6.10 Å². The Labute approximate surface area is 174 Å². The zero-order chi connectivity index (χ0) is 21.6. The third kappa shape index (κ3) is 5.96. The molecule has 1 unspecified atom stereocenters. The number of rotatable bonds is 7. The van der Waals surface area contributed by atoms with Crippen molar-refractivity contribution in [2.45, 2.75) is 26.9 Å². The second-order valence-electron chi connectivity index (χ2n) is 6.42. The van der Waals surface area contributed by atoms with E-state index in [1.54, 1.807) is 6.07 Å². The number of amides is 2. The van der Waals surface area contributed by atoms with Crippen molar-refractivity contribution < 1.29 is 23.9 Å². The first-order chi connectivity index (χ1) is 13.7. The van der Waals surface area contributed by atoms with Crippen molar-refractivity contribution in [3.63, 3.8) is 0 Å². The fraction of sp³-hybridized carbons (Fsp3) is 0.286. The zero-order valence-corrected chi connectivity index (χ0v) is 17.4. The van der Waals surface area contributed by atoms with Crippen LogP contribution in [0.4, 0.5) is 5.69 Å². The first-order valence-electron chi connectivity index (χ1n) is 8.91. The maximum absolute atomic E-state index is 12.3. The summed E-state index contributed by atoms with van der Waals surface area (Å²) in [7, 11) is 1.41. The monoisotopic (exact) mass is 418 g/mol. The van der Waals surface area contributed by atoms with Gasteiger partial charge in [-0.1, -0.05) is 29.8 Å². The summed E-state index contributed by atoms with van der Waals surface area (Å²) >= 11 is 5.90. The molecule has 2 aromatic rings. The number of nitrogens with one attached hydrogen (secondary N) is 2. The maximum Gasteiger partial charge on any atom is 0.342 e. The van der Waals surface area contributed by atoms with Gasteiger partial charge in [-0.05, 0) is 50.1 Å². The molecule has 1 atom stereocenters. The molecule has 2 N–H and O–H groups in total. The summed E-state index contributed by atoms with van der Waals surface area (Å²) in [6.07, 6.45) is -1.11. The van der Waals surface area contributed by atoms with Crippen molar-refractivity contribution in [2.75, 3.05) is 19.0 Å². The van der Waals surface area contributed by atoms with E-state index >= 15 is 0 Å². The van der Waals surface area contributed by atoms with E-state index in [-0.39, 0.29) is 23.8 Å². The predicted octanol–water partition coefficient (Wildman–Crippen LogP) is 3.27. The van der Waals surface area contributed by atoms with Crippen molar-refractivity contribution in [1.29, 1.82) is 0 Å². The molecule has 2 rings (SSSR count). The highest BCUT2D eigenvalue weighted by Gasteiger charge is 2.22. The van der Waals surface area contributed by atoms with Crippen LogP contribution < -0.4 is 15.4 Å². The van der Waals surface area contributed by atoms with Crippen LogP contribution in [0, 0.1) is 13.8 Å². The average Bonchev–Trinajstić information content (AvgIpc) is 2.68. The quantitative estimate of drug-likeness (QED) is 0.673. The van der Waals surface area contributed by atoms with Crippen LogP contribution in [-0.2, 0) is 14.3 Å². The van der Waals surface area contributed by atoms with Crippen LogP contribution in [0.3, 0.4) is 0 Å². The lowest BCUT2D eigenvalue weighted by atomic mass is 10.1. The van der Waals surface area contributed by atoms with Crippen LogP contribution in [0.15, 0.2) is 36.4 Å². The number of benzene rings is 2. The molecule has 2 amide bonds. The van der Waals surface area contributed by atoms with Gasteiger partial charge in [0.1, 0.15) is 11.3 Å². The van der Waals surface area contributed by atoms with Crippen LogP contribution in [0.2, 0.25) is 5.02 Å². The molecule has 29 heavy (non-hydrogen) atoms. The Bertz CT molecular complexity index is 909. The standard InChI is InChI=1S/C21H23ClN2O5/c1-12-6-5-7-13(2)19(12)24-18(25)11-23-20(26)14(3)29-21(27)16-10-15(22)8-9-17(16)28-4/h5-10,14H,11H2,1-4H3,(H,23,26)(H,24,25). The van der Waals surface area contributed by atoms with Gasteiger partial charge in [-0.15, -0.1) is 0 Å². The molecule has 0 saturated heterocycles. The van der Waals surface area contributed by atoms with E-state index in [0.717, 1.165) is 11.1 Å². The summed E-state index contributed by atoms with van der Waals surface area (Å²) in [5.41, 5.74) is 2.65. The van der Waals surface area contributed by atoms with Crippen molar-refractivity contribution >= 4 is 35.1 Å². The van der Waals surface area contributed by atoms with Crippen LogP contribution >= 0.6 is 11.6 Å². The summed E-state index contributed by atoms with van der Waals surface area (Å²) in [4.78, 5) is 36.7. The number of carbonyl (C=O) groups excluding carboxylic acids is 3. The molecule has 8 heteroatoms. The summed E-state index contributed by atoms with van der Waals surface area (Å²) < 4.78 is 10.3. The molecule has 7 nitrogen and oxygen atoms in total. The van der Waals surface area contributed by atoms with Gasteiger partial charge < -0.3 is 20.1 Å². The zero-order valence-electron chi connectivity index (χ0n) is 16.7. The molecule has 0 aliphatic heterocycles. The molecule has 0 aromatic heterocycles. The molecule has 0 spiro atoms. The average molecular weight is 419 g/mol. The van der Waals surface area contributed by atoms with E-state index in [1.165, 1.54) is 26.2 Å². The van der Waals surface area contributed by atoms with Crippen LogP contribution in [-0.4, -0.2) is 37.5 Å². The SMILES string of the molecule is COc1ccc(Cl)cc1C(=O)OC(C)C(=O)NCC(=O)Nc1c(C)cccc1C. The molecular weight excluding hydrogens is 396 g/mol. The fourth-order valence-electron chi connectivity index (χ4n) is 2.62. The smallest absolute Gasteiger partial charge is 0.342 e. The number of halogens is 1. The Kier molecular flexibility index (Phi) is 7.61. The topological polar surface area (TPSA) is 93.7 Å². The van der Waals surface area contributed by atoms with E-state index in [0.29, 0.717) is 10.7 Å². The Balaban J connectivity index is 1.91. The van der Waals surface area contributed by atoms with E-state index in [1.807, 2.05) is 32.0 Å². The molecule has 0 bridgehead atoms. The predicted molar refractivity (Wildman–Crippen MR) is 110 cm³/mol. The highest BCUT2D eigenvalue weighted by Crippen LogP contribution is 2.24. The molecule has 154 valence electrons. The van der Waals surface area contributed by atoms with Gasteiger partial charge in [0.2, 0.25) is 5.91 Å². The normalized spacial score (nSPS) is 11.3. The molecule has 0 aliphatic rings. The molecular formula is C21H23ClN2O5. The number of methoxy groups -OCH3 is 1. The summed E-state index contributed by atoms with van der Waals surface area (Å²) in [5, 5.41) is 5.55. The van der Waals surface area contributed by atoms with E-state index in [4.69, 9.17) is 21.1 Å². The lowest BCUT2D eigenvalue weighted by Gasteiger charge is -2.15. The van der Waals surface area contributed by atoms with Gasteiger partial charge in [-0.25, -0.2) is 4.79 Å². The summed E-state index contributed by atoms with van der Waals surface area (Å²) in [5.74, 6) is -1.46. The van der Waals surface area contributed by atoms with E-state index < -0.39 is 18.0 Å². The van der Waals surface area contributed by atoms with E-state index in [9.17, 15) is 14.4 Å². The molecule has 2 aromatic carbocycles. The number of hydrogen-bond donors (Lipinski definition) is 2. The number of aryl methyl sites for hydroxylation is 2. The largest absolute Gasteiger partial charge is 0.496 e. The highest BCUT2D eigenvalue weighted by molar-refractivity contribution is 6.31. The Morgan fingerprint density at radius 3 is 2.38 bits per heavy atom. The Morgan fingerprint density at radius 1 is 1.10 bits per heavy atom. The number of esters is 1. The van der Waals surface area contributed by atoms with Crippen LogP contribution in [0.5, 0.6) is 5.75 Å². The maximum atomic E-state index is 12.3. The second kappa shape index (κ2) is 9.93. The van der Waals surface area contributed by atoms with Gasteiger partial charge >= 0.3 is 5.97 Å². The first kappa shape index (κ1) is 22.2. The van der Waals surface area contributed by atoms with Crippen LogP contribution in [0.1, 0.15) is 28.4 Å². The second-order valence-corrected chi connectivity index (χ2v) is 6.86. The molecule has 0 radical (unpaired) electrons. The fourth-order valence-corrected chi connectivity index (χ4v) is 2.80. The third-order valence-corrected chi connectivity index (χ3v) is 4.44. The molecule has 0 fully saturated rings.